The van der Waals surface area contributed by atoms with Crippen molar-refractivity contribution < 1.29 is 14.3 Å². The number of ether oxygens (including phenoxy) is 1. The van der Waals surface area contributed by atoms with E-state index in [-0.39, 0.29) is 18.5 Å². The quantitative estimate of drug-likeness (QED) is 0.496. The van der Waals surface area contributed by atoms with E-state index in [0.29, 0.717) is 28.8 Å². The number of Topliss-reactive ketones (excluding diaryl/α,β-unsaturated/α-hetero) is 1. The summed E-state index contributed by atoms with van der Waals surface area (Å²) in [5.41, 5.74) is 3.13. The molecule has 0 N–H and O–H groups in total. The van der Waals surface area contributed by atoms with Crippen LogP contribution in [0.1, 0.15) is 50.0 Å². The fourth-order valence-electron chi connectivity index (χ4n) is 2.86. The van der Waals surface area contributed by atoms with E-state index in [9.17, 15) is 9.59 Å². The molecule has 0 amide bonds. The molecule has 8 nitrogen and oxygen atoms in total. The number of aryl methyl sites for hydroxylation is 2. The molecule has 28 heavy (non-hydrogen) atoms. The molecule has 0 aromatic carbocycles. The van der Waals surface area contributed by atoms with Crippen LogP contribution in [-0.4, -0.2) is 36.1 Å². The molecule has 3 heterocycles. The number of aromatic nitrogens is 5. The molecule has 0 aliphatic carbocycles. The van der Waals surface area contributed by atoms with E-state index >= 15 is 0 Å². The molecule has 0 unspecified atom stereocenters. The lowest BCUT2D eigenvalue weighted by molar-refractivity contribution is -0.156. The molecule has 8 heteroatoms. The van der Waals surface area contributed by atoms with Crippen molar-refractivity contribution in [2.45, 2.75) is 47.8 Å². The molecule has 0 atom stereocenters. The summed E-state index contributed by atoms with van der Waals surface area (Å²) in [6.45, 7) is 9.08. The molecule has 0 spiro atoms. The van der Waals surface area contributed by atoms with Gasteiger partial charge < -0.3 is 4.74 Å². The number of ketones is 1. The third-order valence-corrected chi connectivity index (χ3v) is 4.39. The van der Waals surface area contributed by atoms with Gasteiger partial charge in [0.05, 0.1) is 17.2 Å². The summed E-state index contributed by atoms with van der Waals surface area (Å²) in [4.78, 5) is 33.7. The highest BCUT2D eigenvalue weighted by Gasteiger charge is 2.24. The zero-order chi connectivity index (χ0) is 20.6. The second kappa shape index (κ2) is 7.18. The van der Waals surface area contributed by atoms with Crippen LogP contribution in [0.4, 0.5) is 0 Å². The molecule has 0 saturated carbocycles. The van der Waals surface area contributed by atoms with Crippen LogP contribution in [0, 0.1) is 12.3 Å². The molecular formula is C20H25N5O3. The average Bonchev–Trinajstić information content (AvgIpc) is 3.17. The molecule has 0 saturated heterocycles. The van der Waals surface area contributed by atoms with Crippen molar-refractivity contribution >= 4 is 22.9 Å². The number of rotatable bonds is 5. The normalized spacial score (nSPS) is 11.8. The lowest BCUT2D eigenvalue weighted by Gasteiger charge is -2.16. The van der Waals surface area contributed by atoms with E-state index in [1.807, 2.05) is 20.2 Å². The highest BCUT2D eigenvalue weighted by molar-refractivity contribution is 6.06. The fraction of sp³-hybridized carbons (Fsp3) is 0.450. The molecular weight excluding hydrogens is 358 g/mol. The molecule has 0 aliphatic rings. The Labute approximate surface area is 163 Å². The maximum absolute atomic E-state index is 12.4. The monoisotopic (exact) mass is 383 g/mol. The van der Waals surface area contributed by atoms with Gasteiger partial charge >= 0.3 is 5.97 Å². The summed E-state index contributed by atoms with van der Waals surface area (Å²) in [6, 6.07) is 0. The minimum atomic E-state index is -0.611. The number of carbonyl (C=O) groups is 2. The first kappa shape index (κ1) is 19.7. The third-order valence-electron chi connectivity index (χ3n) is 4.39. The van der Waals surface area contributed by atoms with Crippen molar-refractivity contribution in [2.75, 3.05) is 0 Å². The summed E-state index contributed by atoms with van der Waals surface area (Å²) in [5.74, 6) is -0.374. The zero-order valence-corrected chi connectivity index (χ0v) is 17.1. The van der Waals surface area contributed by atoms with E-state index in [0.717, 1.165) is 11.3 Å². The lowest BCUT2D eigenvalue weighted by atomic mass is 9.98. The second-order valence-electron chi connectivity index (χ2n) is 7.86. The van der Waals surface area contributed by atoms with Crippen molar-refractivity contribution in [3.8, 4) is 11.4 Å². The second-order valence-corrected chi connectivity index (χ2v) is 7.86. The topological polar surface area (TPSA) is 91.9 Å². The molecule has 148 valence electrons. The van der Waals surface area contributed by atoms with Crippen LogP contribution in [0.25, 0.3) is 22.6 Å². The van der Waals surface area contributed by atoms with Gasteiger partial charge in [0.25, 0.3) is 0 Å². The van der Waals surface area contributed by atoms with E-state index in [2.05, 4.69) is 15.1 Å². The smallest absolute Gasteiger partial charge is 0.312 e. The molecule has 0 bridgehead atoms. The Hall–Kier alpha value is -3.03. The Morgan fingerprint density at radius 3 is 2.50 bits per heavy atom. The first-order chi connectivity index (χ1) is 13.1. The average molecular weight is 383 g/mol. The van der Waals surface area contributed by atoms with Gasteiger partial charge in [-0.3, -0.25) is 18.8 Å². The van der Waals surface area contributed by atoms with E-state index in [1.165, 1.54) is 0 Å². The largest absolute Gasteiger partial charge is 0.443 e. The number of hydrogen-bond acceptors (Lipinski definition) is 6. The van der Waals surface area contributed by atoms with Gasteiger partial charge in [-0.1, -0.05) is 6.92 Å². The summed E-state index contributed by atoms with van der Waals surface area (Å²) in [6.07, 6.45) is 5.52. The Balaban J connectivity index is 2.05. The van der Waals surface area contributed by atoms with Crippen LogP contribution in [0.3, 0.4) is 0 Å². The molecule has 3 rings (SSSR count). The Bertz CT molecular complexity index is 1060. The Morgan fingerprint density at radius 1 is 1.21 bits per heavy atom. The van der Waals surface area contributed by atoms with Crippen molar-refractivity contribution in [1.29, 1.82) is 0 Å². The number of carbonyl (C=O) groups excluding carboxylic acids is 2. The van der Waals surface area contributed by atoms with Crippen LogP contribution >= 0.6 is 0 Å². The summed E-state index contributed by atoms with van der Waals surface area (Å²) in [7, 11) is 1.84. The SMILES string of the molecule is CCC(=O)c1cn(COC(=O)C(C)(C)C)c2ncc(-c3nn(C)cc3C)nc12. The van der Waals surface area contributed by atoms with Crippen LogP contribution in [0.2, 0.25) is 0 Å². The number of esters is 1. The van der Waals surface area contributed by atoms with Gasteiger partial charge in [0.1, 0.15) is 16.9 Å². The molecule has 3 aromatic heterocycles. The third kappa shape index (κ3) is 3.67. The summed E-state index contributed by atoms with van der Waals surface area (Å²) >= 11 is 0. The standard InChI is InChI=1S/C20H25N5O3/c1-7-15(26)13-10-25(11-28-19(27)20(3,4)5)18-17(13)22-14(8-21-18)16-12(2)9-24(6)23-16/h8-10H,7,11H2,1-6H3. The van der Waals surface area contributed by atoms with Crippen LogP contribution in [-0.2, 0) is 23.3 Å². The van der Waals surface area contributed by atoms with Crippen molar-refractivity contribution in [3.05, 3.63) is 29.7 Å². The zero-order valence-electron chi connectivity index (χ0n) is 17.1. The fourth-order valence-corrected chi connectivity index (χ4v) is 2.86. The summed E-state index contributed by atoms with van der Waals surface area (Å²) in [5, 5.41) is 4.43. The molecule has 0 aliphatic heterocycles. The van der Waals surface area contributed by atoms with Crippen molar-refractivity contribution in [2.24, 2.45) is 12.5 Å². The predicted octanol–water partition coefficient (Wildman–Crippen LogP) is 3.28. The number of fused-ring (bicyclic) bond motifs is 1. The van der Waals surface area contributed by atoms with Gasteiger partial charge in [-0.05, 0) is 33.3 Å². The predicted molar refractivity (Wildman–Crippen MR) is 105 cm³/mol. The van der Waals surface area contributed by atoms with Gasteiger partial charge in [0.2, 0.25) is 0 Å². The Kier molecular flexibility index (Phi) is 5.06. The Morgan fingerprint density at radius 2 is 1.93 bits per heavy atom. The minimum Gasteiger partial charge on any atom is -0.443 e. The molecule has 0 fully saturated rings. The van der Waals surface area contributed by atoms with E-state index < -0.39 is 5.41 Å². The first-order valence-corrected chi connectivity index (χ1v) is 9.18. The van der Waals surface area contributed by atoms with E-state index in [4.69, 9.17) is 4.74 Å². The van der Waals surface area contributed by atoms with Crippen LogP contribution < -0.4 is 0 Å². The van der Waals surface area contributed by atoms with Gasteiger partial charge in [-0.25, -0.2) is 9.97 Å². The van der Waals surface area contributed by atoms with Crippen LogP contribution in [0.5, 0.6) is 0 Å². The van der Waals surface area contributed by atoms with Crippen molar-refractivity contribution in [1.82, 2.24) is 24.3 Å². The van der Waals surface area contributed by atoms with Gasteiger partial charge in [-0.2, -0.15) is 5.10 Å². The minimum absolute atomic E-state index is 0.0275. The molecule has 0 radical (unpaired) electrons. The maximum Gasteiger partial charge on any atom is 0.312 e. The number of hydrogen-bond donors (Lipinski definition) is 0. The van der Waals surface area contributed by atoms with Crippen LogP contribution in [0.15, 0.2) is 18.6 Å². The lowest BCUT2D eigenvalue weighted by Crippen LogP contribution is -2.24. The van der Waals surface area contributed by atoms with Crippen molar-refractivity contribution in [3.63, 3.8) is 0 Å². The highest BCUT2D eigenvalue weighted by Crippen LogP contribution is 2.25. The first-order valence-electron chi connectivity index (χ1n) is 9.18. The van der Waals surface area contributed by atoms with Gasteiger partial charge in [-0.15, -0.1) is 0 Å². The molecule has 3 aromatic rings. The summed E-state index contributed by atoms with van der Waals surface area (Å²) < 4.78 is 8.75. The van der Waals surface area contributed by atoms with Gasteiger partial charge in [0, 0.05) is 25.9 Å². The number of nitrogens with zero attached hydrogens (tertiary/aromatic N) is 5. The highest BCUT2D eigenvalue weighted by atomic mass is 16.5. The van der Waals surface area contributed by atoms with Gasteiger partial charge in [0.15, 0.2) is 18.2 Å². The van der Waals surface area contributed by atoms with E-state index in [1.54, 1.807) is 49.3 Å². The maximum atomic E-state index is 12.4.